The van der Waals surface area contributed by atoms with E-state index in [0.717, 1.165) is 9.75 Å². The monoisotopic (exact) mass is 244 g/mol. The van der Waals surface area contributed by atoms with Crippen molar-refractivity contribution in [2.75, 3.05) is 19.6 Å². The van der Waals surface area contributed by atoms with Crippen LogP contribution in [0.5, 0.6) is 0 Å². The van der Waals surface area contributed by atoms with Crippen molar-refractivity contribution in [2.45, 2.75) is 6.54 Å². The molecule has 1 aromatic heterocycles. The van der Waals surface area contributed by atoms with Crippen LogP contribution in [0.25, 0.3) is 0 Å². The average Bonchev–Trinajstić information content (AvgIpc) is 2.75. The molecule has 5 heteroatoms. The molecule has 0 radical (unpaired) electrons. The Bertz CT molecular complexity index is 479. The van der Waals surface area contributed by atoms with Crippen molar-refractivity contribution in [1.82, 2.24) is 4.90 Å². The minimum absolute atomic E-state index is 0.259. The molecule has 86 valence electrons. The third-order valence-electron chi connectivity index (χ3n) is 1.94. The van der Waals surface area contributed by atoms with Gasteiger partial charge in [-0.05, 0) is 12.1 Å². The zero-order chi connectivity index (χ0) is 12.5. The Hall–Kier alpha value is -1.84. The maximum Gasteiger partial charge on any atom is 0.0877 e. The standard InChI is InChI=1S/C12H12N4S/c13-5-1-2-11-3-4-12(17-11)10-16(8-6-14)9-7-15/h3-4H,5,8-10,13H2. The highest BCUT2D eigenvalue weighted by molar-refractivity contribution is 7.12. The van der Waals surface area contributed by atoms with E-state index in [2.05, 4.69) is 11.8 Å². The second-order valence-electron chi connectivity index (χ2n) is 3.23. The molecule has 0 saturated carbocycles. The maximum atomic E-state index is 8.63. The van der Waals surface area contributed by atoms with Crippen LogP contribution in [0.4, 0.5) is 0 Å². The Kier molecular flexibility index (Phi) is 5.79. The summed E-state index contributed by atoms with van der Waals surface area (Å²) in [5.41, 5.74) is 5.29. The van der Waals surface area contributed by atoms with Crippen LogP contribution in [0.15, 0.2) is 12.1 Å². The molecule has 0 aliphatic heterocycles. The van der Waals surface area contributed by atoms with Gasteiger partial charge in [0.2, 0.25) is 0 Å². The van der Waals surface area contributed by atoms with Crippen LogP contribution in [0.2, 0.25) is 0 Å². The highest BCUT2D eigenvalue weighted by Gasteiger charge is 2.06. The molecule has 0 spiro atoms. The lowest BCUT2D eigenvalue weighted by molar-refractivity contribution is 0.338. The van der Waals surface area contributed by atoms with E-state index >= 15 is 0 Å². The first-order valence-electron chi connectivity index (χ1n) is 5.04. The van der Waals surface area contributed by atoms with Crippen molar-refractivity contribution < 1.29 is 0 Å². The van der Waals surface area contributed by atoms with Gasteiger partial charge < -0.3 is 5.73 Å². The fourth-order valence-electron chi connectivity index (χ4n) is 1.26. The molecule has 0 saturated heterocycles. The molecule has 1 aromatic rings. The molecular weight excluding hydrogens is 232 g/mol. The van der Waals surface area contributed by atoms with Gasteiger partial charge in [-0.25, -0.2) is 0 Å². The van der Waals surface area contributed by atoms with Crippen LogP contribution < -0.4 is 5.73 Å². The summed E-state index contributed by atoms with van der Waals surface area (Å²) in [6.07, 6.45) is 0. The van der Waals surface area contributed by atoms with E-state index in [1.165, 1.54) is 0 Å². The first-order chi connectivity index (χ1) is 8.30. The van der Waals surface area contributed by atoms with Crippen LogP contribution in [-0.2, 0) is 6.54 Å². The Morgan fingerprint density at radius 1 is 1.24 bits per heavy atom. The number of hydrogen-bond donors (Lipinski definition) is 1. The van der Waals surface area contributed by atoms with Gasteiger partial charge in [-0.2, -0.15) is 10.5 Å². The SMILES string of the molecule is N#CCN(CC#N)Cc1ccc(C#CCN)s1. The van der Waals surface area contributed by atoms with E-state index in [4.69, 9.17) is 16.3 Å². The van der Waals surface area contributed by atoms with Gasteiger partial charge in [0.25, 0.3) is 0 Å². The van der Waals surface area contributed by atoms with E-state index in [0.29, 0.717) is 13.1 Å². The van der Waals surface area contributed by atoms with Crippen molar-refractivity contribution in [1.29, 1.82) is 10.5 Å². The van der Waals surface area contributed by atoms with Crippen LogP contribution in [-0.4, -0.2) is 24.5 Å². The summed E-state index contributed by atoms with van der Waals surface area (Å²) >= 11 is 1.56. The minimum atomic E-state index is 0.259. The first kappa shape index (κ1) is 13.2. The summed E-state index contributed by atoms with van der Waals surface area (Å²) in [7, 11) is 0. The van der Waals surface area contributed by atoms with Gasteiger partial charge in [0.05, 0.1) is 36.6 Å². The zero-order valence-corrected chi connectivity index (χ0v) is 10.1. The first-order valence-corrected chi connectivity index (χ1v) is 5.85. The molecular formula is C12H12N4S. The highest BCUT2D eigenvalue weighted by atomic mass is 32.1. The molecule has 4 nitrogen and oxygen atoms in total. The maximum absolute atomic E-state index is 8.63. The molecule has 0 atom stereocenters. The fraction of sp³-hybridized carbons (Fsp3) is 0.333. The Morgan fingerprint density at radius 2 is 1.94 bits per heavy atom. The normalized spacial score (nSPS) is 9.18. The number of rotatable bonds is 4. The van der Waals surface area contributed by atoms with E-state index in [-0.39, 0.29) is 13.1 Å². The van der Waals surface area contributed by atoms with Crippen molar-refractivity contribution in [3.8, 4) is 24.0 Å². The smallest absolute Gasteiger partial charge is 0.0877 e. The lowest BCUT2D eigenvalue weighted by atomic mass is 10.4. The third-order valence-corrected chi connectivity index (χ3v) is 2.93. The lowest BCUT2D eigenvalue weighted by Crippen LogP contribution is -2.23. The Morgan fingerprint density at radius 3 is 2.53 bits per heavy atom. The number of nitrogens with two attached hydrogens (primary N) is 1. The third kappa shape index (κ3) is 4.68. The van der Waals surface area contributed by atoms with E-state index in [1.807, 2.05) is 24.3 Å². The molecule has 0 aliphatic carbocycles. The van der Waals surface area contributed by atoms with Crippen LogP contribution in [0, 0.1) is 34.5 Å². The van der Waals surface area contributed by atoms with Gasteiger partial charge >= 0.3 is 0 Å². The summed E-state index contributed by atoms with van der Waals surface area (Å²) in [5, 5.41) is 17.3. The average molecular weight is 244 g/mol. The fourth-order valence-corrected chi connectivity index (χ4v) is 2.18. The van der Waals surface area contributed by atoms with Crippen molar-refractivity contribution in [3.63, 3.8) is 0 Å². The van der Waals surface area contributed by atoms with Crippen LogP contribution in [0.1, 0.15) is 9.75 Å². The molecule has 17 heavy (non-hydrogen) atoms. The van der Waals surface area contributed by atoms with Gasteiger partial charge in [0.1, 0.15) is 0 Å². The van der Waals surface area contributed by atoms with E-state index < -0.39 is 0 Å². The predicted molar refractivity (Wildman–Crippen MR) is 66.8 cm³/mol. The van der Waals surface area contributed by atoms with Gasteiger partial charge in [-0.1, -0.05) is 11.8 Å². The number of nitriles is 2. The zero-order valence-electron chi connectivity index (χ0n) is 9.31. The summed E-state index contributed by atoms with van der Waals surface area (Å²) < 4.78 is 0. The molecule has 0 aliphatic rings. The minimum Gasteiger partial charge on any atom is -0.320 e. The van der Waals surface area contributed by atoms with E-state index in [9.17, 15) is 0 Å². The molecule has 1 rings (SSSR count). The number of thiophene rings is 1. The topological polar surface area (TPSA) is 76.8 Å². The molecule has 1 heterocycles. The lowest BCUT2D eigenvalue weighted by Gasteiger charge is -2.12. The van der Waals surface area contributed by atoms with Crippen LogP contribution in [0.3, 0.4) is 0 Å². The molecule has 0 aromatic carbocycles. The van der Waals surface area contributed by atoms with Crippen molar-refractivity contribution in [2.24, 2.45) is 5.73 Å². The number of nitrogens with zero attached hydrogens (tertiary/aromatic N) is 3. The van der Waals surface area contributed by atoms with Gasteiger partial charge in [0.15, 0.2) is 0 Å². The quantitative estimate of drug-likeness (QED) is 0.631. The molecule has 0 fully saturated rings. The molecule has 0 unspecified atom stereocenters. The molecule has 0 amide bonds. The second kappa shape index (κ2) is 7.44. The van der Waals surface area contributed by atoms with Gasteiger partial charge in [0, 0.05) is 11.4 Å². The van der Waals surface area contributed by atoms with Gasteiger partial charge in [-0.3, -0.25) is 4.90 Å². The largest absolute Gasteiger partial charge is 0.320 e. The molecule has 0 bridgehead atoms. The van der Waals surface area contributed by atoms with Crippen molar-refractivity contribution in [3.05, 3.63) is 21.9 Å². The Balaban J connectivity index is 2.64. The summed E-state index contributed by atoms with van der Waals surface area (Å²) in [4.78, 5) is 3.84. The predicted octanol–water partition coefficient (Wildman–Crippen LogP) is 0.907. The summed E-state index contributed by atoms with van der Waals surface area (Å²) in [6.45, 7) is 1.48. The second-order valence-corrected chi connectivity index (χ2v) is 4.40. The molecule has 2 N–H and O–H groups in total. The van der Waals surface area contributed by atoms with Crippen LogP contribution >= 0.6 is 11.3 Å². The van der Waals surface area contributed by atoms with Gasteiger partial charge in [-0.15, -0.1) is 11.3 Å². The van der Waals surface area contributed by atoms with E-state index in [1.54, 1.807) is 16.2 Å². The summed E-state index contributed by atoms with van der Waals surface area (Å²) in [6, 6.07) is 7.99. The van der Waals surface area contributed by atoms with Crippen molar-refractivity contribution >= 4 is 11.3 Å². The number of hydrogen-bond acceptors (Lipinski definition) is 5. The summed E-state index contributed by atoms with van der Waals surface area (Å²) in [5.74, 6) is 5.75. The highest BCUT2D eigenvalue weighted by Crippen LogP contribution is 2.17. The Labute approximate surface area is 105 Å².